The molecule has 0 spiro atoms. The maximum Gasteiger partial charge on any atom is 0.238 e. The number of nitrogens with zero attached hydrogens (tertiary/aromatic N) is 2. The summed E-state index contributed by atoms with van der Waals surface area (Å²) < 4.78 is 31.1. The van der Waals surface area contributed by atoms with Gasteiger partial charge in [0, 0.05) is 6.07 Å². The predicted octanol–water partition coefficient (Wildman–Crippen LogP) is 1.38. The number of nitrogens with one attached hydrogen (secondary N) is 1. The lowest BCUT2D eigenvalue weighted by Crippen LogP contribution is -2.16. The predicted molar refractivity (Wildman–Crippen MR) is 73.1 cm³/mol. The molecular formula is C12H12N4O3S. The lowest BCUT2D eigenvalue weighted by molar-refractivity contribution is 0.392. The van der Waals surface area contributed by atoms with E-state index in [0.717, 1.165) is 0 Å². The molecule has 0 fully saturated rings. The highest BCUT2D eigenvalue weighted by atomic mass is 32.2. The molecule has 0 radical (unpaired) electrons. The third-order valence-corrected chi connectivity index (χ3v) is 3.67. The first-order chi connectivity index (χ1) is 9.39. The molecule has 1 heterocycles. The second-order valence-corrected chi connectivity index (χ2v) is 5.93. The smallest absolute Gasteiger partial charge is 0.238 e. The van der Waals surface area contributed by atoms with Crippen LogP contribution in [0.5, 0.6) is 0 Å². The van der Waals surface area contributed by atoms with Crippen LogP contribution in [0.25, 0.3) is 0 Å². The number of aryl methyl sites for hydroxylation is 1. The molecule has 0 atom stereocenters. The largest absolute Gasteiger partial charge is 0.397 e. The van der Waals surface area contributed by atoms with Gasteiger partial charge in [-0.05, 0) is 25.1 Å². The number of nitrogens with two attached hydrogens (primary N) is 1. The first-order valence-electron chi connectivity index (χ1n) is 5.62. The van der Waals surface area contributed by atoms with Gasteiger partial charge in [0.15, 0.2) is 0 Å². The maximum absolute atomic E-state index is 12.0. The molecule has 0 bridgehead atoms. The van der Waals surface area contributed by atoms with E-state index in [1.54, 1.807) is 13.0 Å². The van der Waals surface area contributed by atoms with Gasteiger partial charge in [0.1, 0.15) is 17.2 Å². The number of hydrogen-bond acceptors (Lipinski definition) is 6. The molecule has 8 heteroatoms. The fourth-order valence-electron chi connectivity index (χ4n) is 1.61. The Morgan fingerprint density at radius 1 is 1.45 bits per heavy atom. The molecule has 0 saturated heterocycles. The number of benzene rings is 1. The summed E-state index contributed by atoms with van der Waals surface area (Å²) in [4.78, 5) is 0. The number of rotatable bonds is 4. The van der Waals surface area contributed by atoms with Crippen molar-refractivity contribution in [1.82, 2.24) is 5.16 Å². The Hall–Kier alpha value is -2.53. The van der Waals surface area contributed by atoms with Crippen molar-refractivity contribution in [3.05, 3.63) is 41.3 Å². The number of nitriles is 1. The van der Waals surface area contributed by atoms with Gasteiger partial charge in [0.25, 0.3) is 0 Å². The van der Waals surface area contributed by atoms with Gasteiger partial charge in [-0.1, -0.05) is 5.16 Å². The van der Waals surface area contributed by atoms with Crippen molar-refractivity contribution in [1.29, 1.82) is 5.26 Å². The van der Waals surface area contributed by atoms with Crippen molar-refractivity contribution in [2.75, 3.05) is 10.5 Å². The van der Waals surface area contributed by atoms with Crippen LogP contribution in [0.15, 0.2) is 28.8 Å². The van der Waals surface area contributed by atoms with Crippen LogP contribution >= 0.6 is 0 Å². The van der Waals surface area contributed by atoms with Crippen LogP contribution in [0, 0.1) is 18.3 Å². The third-order valence-electron chi connectivity index (χ3n) is 2.46. The Morgan fingerprint density at radius 3 is 2.75 bits per heavy atom. The Labute approximate surface area is 116 Å². The van der Waals surface area contributed by atoms with E-state index in [0.29, 0.717) is 17.0 Å². The van der Waals surface area contributed by atoms with E-state index in [1.807, 2.05) is 6.07 Å². The van der Waals surface area contributed by atoms with Crippen molar-refractivity contribution in [3.8, 4) is 6.07 Å². The van der Waals surface area contributed by atoms with Gasteiger partial charge >= 0.3 is 0 Å². The molecule has 20 heavy (non-hydrogen) atoms. The van der Waals surface area contributed by atoms with Crippen LogP contribution in [0.3, 0.4) is 0 Å². The van der Waals surface area contributed by atoms with E-state index >= 15 is 0 Å². The van der Waals surface area contributed by atoms with Crippen molar-refractivity contribution < 1.29 is 12.9 Å². The van der Waals surface area contributed by atoms with Crippen molar-refractivity contribution in [2.45, 2.75) is 12.7 Å². The highest BCUT2D eigenvalue weighted by molar-refractivity contribution is 7.91. The molecule has 1 aromatic carbocycles. The van der Waals surface area contributed by atoms with Crippen LogP contribution < -0.4 is 10.5 Å². The Morgan fingerprint density at radius 2 is 2.20 bits per heavy atom. The third kappa shape index (κ3) is 3.27. The van der Waals surface area contributed by atoms with Crippen LogP contribution in [-0.4, -0.2) is 13.6 Å². The van der Waals surface area contributed by atoms with Crippen LogP contribution in [-0.2, 0) is 15.8 Å². The average Bonchev–Trinajstić information content (AvgIpc) is 2.76. The van der Waals surface area contributed by atoms with Gasteiger partial charge in [-0.3, -0.25) is 4.72 Å². The number of anilines is 2. The molecule has 0 aliphatic carbocycles. The number of sulfonamides is 1. The number of nitrogen functional groups attached to an aromatic ring is 1. The first-order valence-corrected chi connectivity index (χ1v) is 7.27. The molecule has 3 N–H and O–H groups in total. The summed E-state index contributed by atoms with van der Waals surface area (Å²) in [5, 5.41) is 12.3. The van der Waals surface area contributed by atoms with Gasteiger partial charge in [0.05, 0.1) is 23.0 Å². The second-order valence-electron chi connectivity index (χ2n) is 4.20. The Bertz CT molecular complexity index is 774. The van der Waals surface area contributed by atoms with Crippen LogP contribution in [0.4, 0.5) is 11.4 Å². The minimum atomic E-state index is -3.65. The highest BCUT2D eigenvalue weighted by Gasteiger charge is 2.16. The summed E-state index contributed by atoms with van der Waals surface area (Å²) in [6.45, 7) is 1.68. The lowest BCUT2D eigenvalue weighted by atomic mass is 10.2. The fourth-order valence-corrected chi connectivity index (χ4v) is 2.73. The van der Waals surface area contributed by atoms with Crippen LogP contribution in [0.2, 0.25) is 0 Å². The average molecular weight is 292 g/mol. The normalized spacial score (nSPS) is 11.0. The summed E-state index contributed by atoms with van der Waals surface area (Å²) in [7, 11) is -3.65. The zero-order valence-corrected chi connectivity index (χ0v) is 11.4. The van der Waals surface area contributed by atoms with Crippen molar-refractivity contribution >= 4 is 21.4 Å². The molecule has 104 valence electrons. The van der Waals surface area contributed by atoms with Crippen molar-refractivity contribution in [3.63, 3.8) is 0 Å². The Balaban J connectivity index is 2.18. The van der Waals surface area contributed by atoms with Gasteiger partial charge < -0.3 is 10.3 Å². The Kier molecular flexibility index (Phi) is 3.63. The number of aromatic nitrogens is 1. The summed E-state index contributed by atoms with van der Waals surface area (Å²) in [6.07, 6.45) is 0. The minimum Gasteiger partial charge on any atom is -0.397 e. The summed E-state index contributed by atoms with van der Waals surface area (Å²) >= 11 is 0. The van der Waals surface area contributed by atoms with Crippen LogP contribution in [0.1, 0.15) is 17.0 Å². The molecule has 2 rings (SSSR count). The van der Waals surface area contributed by atoms with E-state index in [1.165, 1.54) is 18.2 Å². The van der Waals surface area contributed by atoms with Gasteiger partial charge in [-0.2, -0.15) is 5.26 Å². The molecule has 0 aliphatic heterocycles. The standard InChI is InChI=1S/C12H12N4O3S/c1-8-4-10(15-19-8)7-20(17,18)16-12-3-2-9(6-13)5-11(12)14/h2-5,16H,7,14H2,1H3. The summed E-state index contributed by atoms with van der Waals surface area (Å²) in [5.74, 6) is 0.220. The van der Waals surface area contributed by atoms with E-state index in [-0.39, 0.29) is 17.1 Å². The van der Waals surface area contributed by atoms with Crippen molar-refractivity contribution in [2.24, 2.45) is 0 Å². The zero-order valence-electron chi connectivity index (χ0n) is 10.6. The molecule has 1 aromatic heterocycles. The second kappa shape index (κ2) is 5.22. The lowest BCUT2D eigenvalue weighted by Gasteiger charge is -2.09. The van der Waals surface area contributed by atoms with Gasteiger partial charge in [-0.25, -0.2) is 8.42 Å². The maximum atomic E-state index is 12.0. The van der Waals surface area contributed by atoms with E-state index in [9.17, 15) is 8.42 Å². The topological polar surface area (TPSA) is 122 Å². The quantitative estimate of drug-likeness (QED) is 0.821. The van der Waals surface area contributed by atoms with E-state index in [4.69, 9.17) is 15.5 Å². The first kappa shape index (κ1) is 13.9. The molecule has 0 saturated carbocycles. The SMILES string of the molecule is Cc1cc(CS(=O)(=O)Nc2ccc(C#N)cc2N)no1. The summed E-state index contributed by atoms with van der Waals surface area (Å²) in [5.41, 5.74) is 6.77. The molecule has 7 nitrogen and oxygen atoms in total. The summed E-state index contributed by atoms with van der Waals surface area (Å²) in [6, 6.07) is 7.79. The fraction of sp³-hybridized carbons (Fsp3) is 0.167. The highest BCUT2D eigenvalue weighted by Crippen LogP contribution is 2.21. The molecule has 2 aromatic rings. The minimum absolute atomic E-state index is 0.184. The monoisotopic (exact) mass is 292 g/mol. The van der Waals surface area contributed by atoms with E-state index < -0.39 is 10.0 Å². The number of hydrogen-bond donors (Lipinski definition) is 2. The van der Waals surface area contributed by atoms with Gasteiger partial charge in [0.2, 0.25) is 10.0 Å². The van der Waals surface area contributed by atoms with Gasteiger partial charge in [-0.15, -0.1) is 0 Å². The zero-order chi connectivity index (χ0) is 14.8. The van der Waals surface area contributed by atoms with E-state index in [2.05, 4.69) is 9.88 Å². The molecule has 0 unspecified atom stereocenters. The molecular weight excluding hydrogens is 280 g/mol. The molecule has 0 aliphatic rings. The molecule has 0 amide bonds.